The standard InChI is InChI=1S/C7H13N5OS/c1-3-9-5(13)4(2)10-7-11-6(8)12-14-7/h4H,3H2,1-2H3,(H,9,13)(H3,8,10,11,12). The van der Waals surface area contributed by atoms with Gasteiger partial charge in [0.15, 0.2) is 0 Å². The highest BCUT2D eigenvalue weighted by Gasteiger charge is 2.12. The van der Waals surface area contributed by atoms with E-state index in [4.69, 9.17) is 5.73 Å². The van der Waals surface area contributed by atoms with Crippen molar-refractivity contribution >= 4 is 28.5 Å². The maximum atomic E-state index is 11.3. The number of carbonyl (C=O) groups is 1. The lowest BCUT2D eigenvalue weighted by Crippen LogP contribution is -2.37. The maximum absolute atomic E-state index is 11.3. The number of hydrogen-bond acceptors (Lipinski definition) is 6. The van der Waals surface area contributed by atoms with E-state index in [1.54, 1.807) is 6.92 Å². The fourth-order valence-electron chi connectivity index (χ4n) is 0.872. The molecule has 0 saturated heterocycles. The second-order valence-corrected chi connectivity index (χ2v) is 3.47. The van der Waals surface area contributed by atoms with Crippen LogP contribution in [0.4, 0.5) is 11.1 Å². The third-order valence-electron chi connectivity index (χ3n) is 1.53. The molecular formula is C7H13N5OS. The second-order valence-electron chi connectivity index (χ2n) is 2.72. The van der Waals surface area contributed by atoms with Crippen molar-refractivity contribution in [2.75, 3.05) is 17.6 Å². The SMILES string of the molecule is CCNC(=O)C(C)Nc1nc(N)ns1. The van der Waals surface area contributed by atoms with Crippen LogP contribution in [0.3, 0.4) is 0 Å². The molecule has 1 amide bonds. The first-order valence-electron chi connectivity index (χ1n) is 4.27. The van der Waals surface area contributed by atoms with Crippen LogP contribution in [0.25, 0.3) is 0 Å². The fourth-order valence-corrected chi connectivity index (χ4v) is 1.46. The summed E-state index contributed by atoms with van der Waals surface area (Å²) < 4.78 is 3.79. The van der Waals surface area contributed by atoms with Gasteiger partial charge < -0.3 is 16.4 Å². The minimum atomic E-state index is -0.331. The molecule has 7 heteroatoms. The number of amides is 1. The van der Waals surface area contributed by atoms with E-state index >= 15 is 0 Å². The van der Waals surface area contributed by atoms with Crippen molar-refractivity contribution in [1.29, 1.82) is 0 Å². The molecular weight excluding hydrogens is 202 g/mol. The minimum Gasteiger partial charge on any atom is -0.367 e. The Hall–Kier alpha value is -1.37. The van der Waals surface area contributed by atoms with E-state index < -0.39 is 0 Å². The topological polar surface area (TPSA) is 92.9 Å². The fraction of sp³-hybridized carbons (Fsp3) is 0.571. The Balaban J connectivity index is 2.48. The molecule has 14 heavy (non-hydrogen) atoms. The Labute approximate surface area is 86.1 Å². The highest BCUT2D eigenvalue weighted by molar-refractivity contribution is 7.09. The molecule has 0 saturated carbocycles. The zero-order valence-corrected chi connectivity index (χ0v) is 8.89. The number of nitrogen functional groups attached to an aromatic ring is 1. The average Bonchev–Trinajstić information content (AvgIpc) is 2.51. The lowest BCUT2D eigenvalue weighted by Gasteiger charge is -2.11. The molecule has 1 aromatic heterocycles. The maximum Gasteiger partial charge on any atom is 0.242 e. The number of nitrogens with zero attached hydrogens (tertiary/aromatic N) is 2. The zero-order valence-electron chi connectivity index (χ0n) is 8.07. The summed E-state index contributed by atoms with van der Waals surface area (Å²) in [5.41, 5.74) is 5.34. The molecule has 0 aliphatic rings. The Morgan fingerprint density at radius 2 is 2.43 bits per heavy atom. The number of rotatable bonds is 4. The predicted molar refractivity (Wildman–Crippen MR) is 56.1 cm³/mol. The van der Waals surface area contributed by atoms with Crippen molar-refractivity contribution in [2.24, 2.45) is 0 Å². The van der Waals surface area contributed by atoms with E-state index in [9.17, 15) is 4.79 Å². The van der Waals surface area contributed by atoms with Crippen molar-refractivity contribution in [3.8, 4) is 0 Å². The van der Waals surface area contributed by atoms with Crippen LogP contribution in [-0.2, 0) is 4.79 Å². The van der Waals surface area contributed by atoms with Gasteiger partial charge in [0.05, 0.1) is 0 Å². The first kappa shape index (κ1) is 10.7. The summed E-state index contributed by atoms with van der Waals surface area (Å²) >= 11 is 1.14. The van der Waals surface area contributed by atoms with Crippen molar-refractivity contribution in [1.82, 2.24) is 14.7 Å². The monoisotopic (exact) mass is 215 g/mol. The molecule has 1 rings (SSSR count). The molecule has 1 atom stereocenters. The van der Waals surface area contributed by atoms with Gasteiger partial charge in [-0.25, -0.2) is 0 Å². The highest BCUT2D eigenvalue weighted by Crippen LogP contribution is 2.12. The van der Waals surface area contributed by atoms with E-state index in [0.29, 0.717) is 11.7 Å². The molecule has 0 radical (unpaired) electrons. The third-order valence-corrected chi connectivity index (χ3v) is 2.19. The summed E-state index contributed by atoms with van der Waals surface area (Å²) in [4.78, 5) is 15.2. The van der Waals surface area contributed by atoms with Gasteiger partial charge in [-0.2, -0.15) is 9.36 Å². The quantitative estimate of drug-likeness (QED) is 0.660. The van der Waals surface area contributed by atoms with Gasteiger partial charge in [-0.3, -0.25) is 4.79 Å². The molecule has 0 bridgehead atoms. The average molecular weight is 215 g/mol. The van der Waals surface area contributed by atoms with Gasteiger partial charge in [-0.05, 0) is 13.8 Å². The number of carbonyl (C=O) groups excluding carboxylic acids is 1. The van der Waals surface area contributed by atoms with Crippen molar-refractivity contribution < 1.29 is 4.79 Å². The molecule has 0 aromatic carbocycles. The van der Waals surface area contributed by atoms with Crippen molar-refractivity contribution in [3.63, 3.8) is 0 Å². The number of hydrogen-bond donors (Lipinski definition) is 3. The number of likely N-dealkylation sites (N-methyl/N-ethyl adjacent to an activating group) is 1. The summed E-state index contributed by atoms with van der Waals surface area (Å²) in [6.45, 7) is 4.24. The smallest absolute Gasteiger partial charge is 0.242 e. The predicted octanol–water partition coefficient (Wildman–Crippen LogP) is 0.0568. The van der Waals surface area contributed by atoms with Gasteiger partial charge in [-0.1, -0.05) is 0 Å². The van der Waals surface area contributed by atoms with E-state index in [2.05, 4.69) is 20.0 Å². The molecule has 0 spiro atoms. The minimum absolute atomic E-state index is 0.0683. The first-order valence-corrected chi connectivity index (χ1v) is 5.04. The lowest BCUT2D eigenvalue weighted by atomic mass is 10.3. The Kier molecular flexibility index (Phi) is 3.63. The number of nitrogens with two attached hydrogens (primary N) is 1. The zero-order chi connectivity index (χ0) is 10.6. The van der Waals surface area contributed by atoms with Crippen LogP contribution >= 0.6 is 11.5 Å². The van der Waals surface area contributed by atoms with Gasteiger partial charge in [0.2, 0.25) is 17.0 Å². The van der Waals surface area contributed by atoms with Gasteiger partial charge in [0.1, 0.15) is 6.04 Å². The number of anilines is 2. The molecule has 1 heterocycles. The molecule has 1 unspecified atom stereocenters. The van der Waals surface area contributed by atoms with Crippen molar-refractivity contribution in [3.05, 3.63) is 0 Å². The molecule has 0 aliphatic heterocycles. The lowest BCUT2D eigenvalue weighted by molar-refractivity contribution is -0.121. The van der Waals surface area contributed by atoms with Crippen molar-refractivity contribution in [2.45, 2.75) is 19.9 Å². The van der Waals surface area contributed by atoms with Crippen LogP contribution in [0, 0.1) is 0 Å². The van der Waals surface area contributed by atoms with Crippen LogP contribution < -0.4 is 16.4 Å². The van der Waals surface area contributed by atoms with Crippen LogP contribution in [0.5, 0.6) is 0 Å². The summed E-state index contributed by atoms with van der Waals surface area (Å²) in [5.74, 6) is 0.155. The van der Waals surface area contributed by atoms with E-state index in [1.165, 1.54) is 0 Å². The Morgan fingerprint density at radius 3 is 2.93 bits per heavy atom. The molecule has 4 N–H and O–H groups in total. The van der Waals surface area contributed by atoms with Gasteiger partial charge >= 0.3 is 0 Å². The van der Waals surface area contributed by atoms with Gasteiger partial charge in [0, 0.05) is 18.1 Å². The largest absolute Gasteiger partial charge is 0.367 e. The number of aromatic nitrogens is 2. The first-order chi connectivity index (χ1) is 6.63. The van der Waals surface area contributed by atoms with Crippen LogP contribution in [-0.4, -0.2) is 27.9 Å². The van der Waals surface area contributed by atoms with E-state index in [-0.39, 0.29) is 17.9 Å². The highest BCUT2D eigenvalue weighted by atomic mass is 32.1. The van der Waals surface area contributed by atoms with Crippen LogP contribution in [0.15, 0.2) is 0 Å². The van der Waals surface area contributed by atoms with E-state index in [1.807, 2.05) is 6.92 Å². The summed E-state index contributed by atoms with van der Waals surface area (Å²) in [6, 6.07) is -0.331. The molecule has 6 nitrogen and oxygen atoms in total. The summed E-state index contributed by atoms with van der Waals surface area (Å²) in [7, 11) is 0. The summed E-state index contributed by atoms with van der Waals surface area (Å²) in [5, 5.41) is 6.15. The molecule has 1 aromatic rings. The molecule has 0 fully saturated rings. The van der Waals surface area contributed by atoms with Gasteiger partial charge in [-0.15, -0.1) is 0 Å². The Bertz CT molecular complexity index is 313. The van der Waals surface area contributed by atoms with E-state index in [0.717, 1.165) is 11.5 Å². The summed E-state index contributed by atoms with van der Waals surface area (Å²) in [6.07, 6.45) is 0. The molecule has 0 aliphatic carbocycles. The Morgan fingerprint density at radius 1 is 1.71 bits per heavy atom. The number of nitrogens with one attached hydrogen (secondary N) is 2. The van der Waals surface area contributed by atoms with Gasteiger partial charge in [0.25, 0.3) is 0 Å². The van der Waals surface area contributed by atoms with Crippen LogP contribution in [0.2, 0.25) is 0 Å². The molecule has 78 valence electrons. The van der Waals surface area contributed by atoms with Crippen LogP contribution in [0.1, 0.15) is 13.8 Å². The third kappa shape index (κ3) is 2.84. The second kappa shape index (κ2) is 4.75. The normalized spacial score (nSPS) is 12.1.